The van der Waals surface area contributed by atoms with E-state index in [1.54, 1.807) is 7.05 Å². The minimum atomic E-state index is -0.595. The van der Waals surface area contributed by atoms with Gasteiger partial charge in [-0.25, -0.2) is 9.97 Å². The number of aliphatic hydroxyl groups is 1. The number of aliphatic hydroxyl groups excluding tert-OH is 1. The fourth-order valence-electron chi connectivity index (χ4n) is 4.57. The Labute approximate surface area is 206 Å². The summed E-state index contributed by atoms with van der Waals surface area (Å²) in [5.41, 5.74) is 4.30. The second-order valence-corrected chi connectivity index (χ2v) is 9.26. The number of nitrogens with one attached hydrogen (secondary N) is 1. The van der Waals surface area contributed by atoms with Crippen molar-refractivity contribution in [2.24, 2.45) is 0 Å². The Kier molecular flexibility index (Phi) is 7.69. The standard InChI is InChI=1S/C26H35N5O4/c1-15-12-31(13-16(2)34-15)26-17(3)24(23-18(4)30-35-19(23)5)28-25(29-26)20-8-7-9-22(10-20)33-14-21(32)11-27-6/h7-10,15-16,21,27,32H,11-14H2,1-6H3. The molecule has 1 fully saturated rings. The van der Waals surface area contributed by atoms with Crippen LogP contribution in [0.2, 0.25) is 0 Å². The molecule has 1 saturated heterocycles. The summed E-state index contributed by atoms with van der Waals surface area (Å²) in [6, 6.07) is 7.65. The summed E-state index contributed by atoms with van der Waals surface area (Å²) in [4.78, 5) is 12.3. The van der Waals surface area contributed by atoms with Crippen molar-refractivity contribution in [3.63, 3.8) is 0 Å². The van der Waals surface area contributed by atoms with Crippen LogP contribution in [0, 0.1) is 20.8 Å². The molecule has 3 aromatic rings. The van der Waals surface area contributed by atoms with Gasteiger partial charge in [0.1, 0.15) is 30.0 Å². The molecule has 0 amide bonds. The van der Waals surface area contributed by atoms with Crippen LogP contribution in [0.15, 0.2) is 28.8 Å². The fraction of sp³-hybridized carbons (Fsp3) is 0.500. The summed E-state index contributed by atoms with van der Waals surface area (Å²) in [6.45, 7) is 12.2. The van der Waals surface area contributed by atoms with E-state index in [9.17, 15) is 5.11 Å². The summed E-state index contributed by atoms with van der Waals surface area (Å²) in [7, 11) is 1.79. The van der Waals surface area contributed by atoms with Gasteiger partial charge in [0.15, 0.2) is 5.82 Å². The van der Waals surface area contributed by atoms with Crippen LogP contribution < -0.4 is 15.0 Å². The molecule has 2 aromatic heterocycles. The molecule has 3 atom stereocenters. The van der Waals surface area contributed by atoms with Gasteiger partial charge in [-0.3, -0.25) is 0 Å². The van der Waals surface area contributed by atoms with E-state index in [0.29, 0.717) is 18.1 Å². The SMILES string of the molecule is CNCC(O)COc1cccc(-c2nc(-c3c(C)noc3C)c(C)c(N3CC(C)OC(C)C3)n2)c1. The Bertz CT molecular complexity index is 1140. The molecule has 9 heteroatoms. The van der Waals surface area contributed by atoms with Crippen LogP contribution in [0.25, 0.3) is 22.6 Å². The first-order chi connectivity index (χ1) is 16.8. The summed E-state index contributed by atoms with van der Waals surface area (Å²) in [5, 5.41) is 17.1. The van der Waals surface area contributed by atoms with Crippen LogP contribution >= 0.6 is 0 Å². The number of hydrogen-bond acceptors (Lipinski definition) is 9. The maximum Gasteiger partial charge on any atom is 0.162 e. The second-order valence-electron chi connectivity index (χ2n) is 9.26. The molecule has 0 saturated carbocycles. The van der Waals surface area contributed by atoms with Crippen molar-refractivity contribution in [1.29, 1.82) is 0 Å². The third kappa shape index (κ3) is 5.63. The smallest absolute Gasteiger partial charge is 0.162 e. The maximum atomic E-state index is 10.0. The van der Waals surface area contributed by atoms with Crippen LogP contribution in [0.1, 0.15) is 30.9 Å². The van der Waals surface area contributed by atoms with Crippen molar-refractivity contribution in [3.05, 3.63) is 41.3 Å². The van der Waals surface area contributed by atoms with E-state index in [4.69, 9.17) is 24.0 Å². The van der Waals surface area contributed by atoms with E-state index in [2.05, 4.69) is 29.2 Å². The number of benzene rings is 1. The minimum absolute atomic E-state index is 0.0971. The zero-order valence-corrected chi connectivity index (χ0v) is 21.3. The number of ether oxygens (including phenoxy) is 2. The number of nitrogens with zero attached hydrogens (tertiary/aromatic N) is 4. The monoisotopic (exact) mass is 481 g/mol. The third-order valence-electron chi connectivity index (χ3n) is 6.08. The first-order valence-electron chi connectivity index (χ1n) is 12.0. The fourth-order valence-corrected chi connectivity index (χ4v) is 4.57. The van der Waals surface area contributed by atoms with Crippen molar-refractivity contribution in [3.8, 4) is 28.4 Å². The molecule has 9 nitrogen and oxygen atoms in total. The predicted octanol–water partition coefficient (Wildman–Crippen LogP) is 3.30. The lowest BCUT2D eigenvalue weighted by atomic mass is 10.0. The molecule has 0 radical (unpaired) electrons. The highest BCUT2D eigenvalue weighted by Crippen LogP contribution is 2.35. The van der Waals surface area contributed by atoms with Crippen LogP contribution in [-0.4, -0.2) is 71.8 Å². The van der Waals surface area contributed by atoms with Gasteiger partial charge >= 0.3 is 0 Å². The number of rotatable bonds is 8. The number of anilines is 1. The average Bonchev–Trinajstić information content (AvgIpc) is 3.15. The van der Waals surface area contributed by atoms with Crippen LogP contribution in [0.4, 0.5) is 5.82 Å². The molecular formula is C26H35N5O4. The molecule has 35 heavy (non-hydrogen) atoms. The van der Waals surface area contributed by atoms with E-state index in [1.807, 2.05) is 45.0 Å². The van der Waals surface area contributed by atoms with Crippen LogP contribution in [0.5, 0.6) is 5.75 Å². The van der Waals surface area contributed by atoms with Crippen molar-refractivity contribution < 1.29 is 19.1 Å². The summed E-state index contributed by atoms with van der Waals surface area (Å²) in [5.74, 6) is 2.84. The van der Waals surface area contributed by atoms with Gasteiger partial charge in [0.05, 0.1) is 29.2 Å². The lowest BCUT2D eigenvalue weighted by Gasteiger charge is -2.37. The molecule has 188 valence electrons. The van der Waals surface area contributed by atoms with Gasteiger partial charge in [-0.2, -0.15) is 0 Å². The van der Waals surface area contributed by atoms with E-state index in [-0.39, 0.29) is 18.8 Å². The molecular weight excluding hydrogens is 446 g/mol. The quantitative estimate of drug-likeness (QED) is 0.501. The molecule has 0 aliphatic carbocycles. The molecule has 1 aliphatic rings. The van der Waals surface area contributed by atoms with Gasteiger partial charge in [0.25, 0.3) is 0 Å². The third-order valence-corrected chi connectivity index (χ3v) is 6.08. The molecule has 1 aromatic carbocycles. The van der Waals surface area contributed by atoms with E-state index >= 15 is 0 Å². The highest BCUT2D eigenvalue weighted by Gasteiger charge is 2.28. The van der Waals surface area contributed by atoms with Crippen molar-refractivity contribution in [2.45, 2.75) is 52.9 Å². The summed E-state index contributed by atoms with van der Waals surface area (Å²) < 4.78 is 17.3. The number of aromatic nitrogens is 3. The van der Waals surface area contributed by atoms with E-state index < -0.39 is 6.10 Å². The first kappa shape index (κ1) is 25.1. The topological polar surface area (TPSA) is 106 Å². The maximum absolute atomic E-state index is 10.0. The Morgan fingerprint density at radius 3 is 2.57 bits per heavy atom. The van der Waals surface area contributed by atoms with Crippen molar-refractivity contribution >= 4 is 5.82 Å². The van der Waals surface area contributed by atoms with Crippen LogP contribution in [0.3, 0.4) is 0 Å². The first-order valence-corrected chi connectivity index (χ1v) is 12.0. The minimum Gasteiger partial charge on any atom is -0.491 e. The molecule has 4 rings (SSSR count). The number of aryl methyl sites for hydroxylation is 2. The Hall–Kier alpha value is -3.01. The number of hydrogen-bond donors (Lipinski definition) is 2. The number of likely N-dealkylation sites (N-methyl/N-ethyl adjacent to an activating group) is 1. The zero-order chi connectivity index (χ0) is 25.1. The van der Waals surface area contributed by atoms with E-state index in [0.717, 1.165) is 52.7 Å². The largest absolute Gasteiger partial charge is 0.491 e. The molecule has 0 spiro atoms. The molecule has 0 bridgehead atoms. The predicted molar refractivity (Wildman–Crippen MR) is 135 cm³/mol. The number of morpholine rings is 1. The van der Waals surface area contributed by atoms with Gasteiger partial charge in [0, 0.05) is 30.8 Å². The van der Waals surface area contributed by atoms with Crippen molar-refractivity contribution in [1.82, 2.24) is 20.4 Å². The van der Waals surface area contributed by atoms with Gasteiger partial charge in [0.2, 0.25) is 0 Å². The molecule has 2 N–H and O–H groups in total. The normalized spacial score (nSPS) is 19.1. The molecule has 3 unspecified atom stereocenters. The Balaban J connectivity index is 1.77. The van der Waals surface area contributed by atoms with Gasteiger partial charge in [-0.1, -0.05) is 17.3 Å². The van der Waals surface area contributed by atoms with Crippen molar-refractivity contribution in [2.75, 3.05) is 38.2 Å². The molecule has 3 heterocycles. The lowest BCUT2D eigenvalue weighted by molar-refractivity contribution is -0.00549. The van der Waals surface area contributed by atoms with Gasteiger partial charge < -0.3 is 29.3 Å². The average molecular weight is 482 g/mol. The van der Waals surface area contributed by atoms with Gasteiger partial charge in [-0.15, -0.1) is 0 Å². The lowest BCUT2D eigenvalue weighted by Crippen LogP contribution is -2.46. The summed E-state index contributed by atoms with van der Waals surface area (Å²) >= 11 is 0. The van der Waals surface area contributed by atoms with Crippen LogP contribution in [-0.2, 0) is 4.74 Å². The van der Waals surface area contributed by atoms with E-state index in [1.165, 1.54) is 0 Å². The second kappa shape index (κ2) is 10.7. The molecule has 1 aliphatic heterocycles. The Morgan fingerprint density at radius 1 is 1.17 bits per heavy atom. The zero-order valence-electron chi connectivity index (χ0n) is 21.3. The highest BCUT2D eigenvalue weighted by molar-refractivity contribution is 5.75. The highest BCUT2D eigenvalue weighted by atomic mass is 16.5. The summed E-state index contributed by atoms with van der Waals surface area (Å²) in [6.07, 6.45) is -0.401. The van der Waals surface area contributed by atoms with Gasteiger partial charge in [-0.05, 0) is 53.8 Å². The Morgan fingerprint density at radius 2 is 1.91 bits per heavy atom.